The van der Waals surface area contributed by atoms with Crippen molar-refractivity contribution in [2.75, 3.05) is 0 Å². The number of nitrogens with zero attached hydrogens (tertiary/aromatic N) is 2. The minimum Gasteiger partial charge on any atom is -0.292 e. The Labute approximate surface area is 323 Å². The van der Waals surface area contributed by atoms with Crippen LogP contribution in [0.2, 0.25) is 0 Å². The molecule has 0 radical (unpaired) electrons. The van der Waals surface area contributed by atoms with Crippen molar-refractivity contribution >= 4 is 57.3 Å². The molecule has 0 spiro atoms. The summed E-state index contributed by atoms with van der Waals surface area (Å²) in [4.78, 5) is 5.06. The van der Waals surface area contributed by atoms with E-state index in [1.54, 1.807) is 0 Å². The summed E-state index contributed by atoms with van der Waals surface area (Å²) in [6.45, 7) is 13.0. The molecule has 0 atom stereocenters. The molecule has 7 aromatic rings. The molecule has 8 rings (SSSR count). The summed E-state index contributed by atoms with van der Waals surface area (Å²) in [5.74, 6) is 0.841. The molecule has 1 heterocycles. The smallest absolute Gasteiger partial charge is 0.145 e. The van der Waals surface area contributed by atoms with E-state index in [2.05, 4.69) is 188 Å². The molecule has 0 saturated heterocycles. The van der Waals surface area contributed by atoms with E-state index in [0.717, 1.165) is 68.8 Å². The monoisotopic (exact) mass is 706 g/mol. The third-order valence-electron chi connectivity index (χ3n) is 10.3. The highest BCUT2D eigenvalue weighted by Gasteiger charge is 2.15. The lowest BCUT2D eigenvalue weighted by molar-refractivity contribution is 1.06. The van der Waals surface area contributed by atoms with Crippen LogP contribution in [0.15, 0.2) is 190 Å². The summed E-state index contributed by atoms with van der Waals surface area (Å²) in [6.07, 6.45) is 16.8. The fourth-order valence-corrected chi connectivity index (χ4v) is 7.57. The van der Waals surface area contributed by atoms with E-state index in [1.165, 1.54) is 32.3 Å². The molecule has 0 saturated carbocycles. The number of hydrogen-bond acceptors (Lipinski definition) is 1. The first-order valence-corrected chi connectivity index (χ1v) is 18.8. The van der Waals surface area contributed by atoms with E-state index in [-0.39, 0.29) is 0 Å². The van der Waals surface area contributed by atoms with Crippen LogP contribution in [0, 0.1) is 0 Å². The van der Waals surface area contributed by atoms with Gasteiger partial charge in [-0.15, -0.1) is 0 Å². The van der Waals surface area contributed by atoms with Gasteiger partial charge in [0.1, 0.15) is 5.82 Å². The van der Waals surface area contributed by atoms with Crippen molar-refractivity contribution in [2.24, 2.45) is 0 Å². The standard InChI is InChI=1S/C53H42N2/c1-4-40-22-9-11-28-44(40)38(3)45-37-36-39(20-17-24-41(5-2)53-54-51-34-15-16-35-52(51)55(53)43-26-7-6-8-27-43)21-18-32-50(49-31-14-13-30-47(45)49)48-33-19-25-42-23-10-12-29-46(42)48/h4-12,15-37H,1-3,13-14H2. The Kier molecular flexibility index (Phi) is 10.1. The summed E-state index contributed by atoms with van der Waals surface area (Å²) in [7, 11) is 0. The molecule has 2 heteroatoms. The number of fused-ring (bicyclic) bond motifs is 3. The van der Waals surface area contributed by atoms with Crippen LogP contribution in [-0.2, 0) is 0 Å². The lowest BCUT2D eigenvalue weighted by Crippen LogP contribution is -2.30. The number of allylic oxidation sites excluding steroid dienone is 4. The maximum Gasteiger partial charge on any atom is 0.145 e. The van der Waals surface area contributed by atoms with E-state index >= 15 is 0 Å². The van der Waals surface area contributed by atoms with Crippen LogP contribution < -0.4 is 10.4 Å². The van der Waals surface area contributed by atoms with Gasteiger partial charge in [0.15, 0.2) is 0 Å². The molecule has 0 unspecified atom stereocenters. The molecule has 2 nitrogen and oxygen atoms in total. The average Bonchev–Trinajstić information content (AvgIpc) is 3.63. The zero-order valence-electron chi connectivity index (χ0n) is 30.9. The third kappa shape index (κ3) is 7.06. The van der Waals surface area contributed by atoms with Crippen LogP contribution in [0.3, 0.4) is 0 Å². The SMILES string of the molecule is C=CC(=CC=Cc1cccc(-c2cccc3ccccc23)c2c(c(C(=C)c3ccccc3C=C)cc1)=CCCC=2)c1nc2ccccc2n1-c1ccccc1. The second-order valence-corrected chi connectivity index (χ2v) is 13.6. The first kappa shape index (κ1) is 35.0. The zero-order valence-corrected chi connectivity index (χ0v) is 30.9. The van der Waals surface area contributed by atoms with Gasteiger partial charge in [-0.3, -0.25) is 4.57 Å². The summed E-state index contributed by atoms with van der Waals surface area (Å²) in [5.41, 5.74) is 11.6. The Morgan fingerprint density at radius 1 is 0.618 bits per heavy atom. The van der Waals surface area contributed by atoms with Crippen molar-refractivity contribution in [2.45, 2.75) is 12.8 Å². The number of para-hydroxylation sites is 3. The van der Waals surface area contributed by atoms with Crippen LogP contribution >= 0.6 is 0 Å². The minimum absolute atomic E-state index is 0.841. The molecule has 1 aliphatic rings. The predicted molar refractivity (Wildman–Crippen MR) is 237 cm³/mol. The summed E-state index contributed by atoms with van der Waals surface area (Å²) < 4.78 is 2.20. The predicted octanol–water partition coefficient (Wildman–Crippen LogP) is 12.3. The molecule has 1 aliphatic carbocycles. The molecule has 6 aromatic carbocycles. The molecule has 0 aliphatic heterocycles. The van der Waals surface area contributed by atoms with Crippen LogP contribution in [0.4, 0.5) is 0 Å². The normalized spacial score (nSPS) is 12.4. The van der Waals surface area contributed by atoms with Gasteiger partial charge in [-0.2, -0.15) is 0 Å². The van der Waals surface area contributed by atoms with Gasteiger partial charge < -0.3 is 0 Å². The van der Waals surface area contributed by atoms with Crippen LogP contribution in [0.1, 0.15) is 40.9 Å². The van der Waals surface area contributed by atoms with Crippen molar-refractivity contribution in [3.8, 4) is 16.8 Å². The van der Waals surface area contributed by atoms with Gasteiger partial charge in [-0.05, 0) is 97.3 Å². The number of hydrogen-bond donors (Lipinski definition) is 0. The highest BCUT2D eigenvalue weighted by atomic mass is 15.1. The number of rotatable bonds is 9. The largest absolute Gasteiger partial charge is 0.292 e. The fourth-order valence-electron chi connectivity index (χ4n) is 7.57. The van der Waals surface area contributed by atoms with Gasteiger partial charge >= 0.3 is 0 Å². The van der Waals surface area contributed by atoms with Gasteiger partial charge in [0.05, 0.1) is 11.0 Å². The van der Waals surface area contributed by atoms with E-state index < -0.39 is 0 Å². The Morgan fingerprint density at radius 2 is 1.33 bits per heavy atom. The maximum atomic E-state index is 5.06. The maximum absolute atomic E-state index is 5.06. The molecule has 1 aromatic heterocycles. The van der Waals surface area contributed by atoms with Crippen molar-refractivity contribution in [3.05, 3.63) is 228 Å². The Bertz CT molecular complexity index is 2860. The average molecular weight is 707 g/mol. The highest BCUT2D eigenvalue weighted by molar-refractivity contribution is 5.97. The molecule has 55 heavy (non-hydrogen) atoms. The first-order chi connectivity index (χ1) is 27.1. The van der Waals surface area contributed by atoms with Gasteiger partial charge in [0.25, 0.3) is 0 Å². The summed E-state index contributed by atoms with van der Waals surface area (Å²) >= 11 is 0. The second kappa shape index (κ2) is 15.9. The van der Waals surface area contributed by atoms with Gasteiger partial charge in [-0.25, -0.2) is 4.98 Å². The Balaban J connectivity index is 1.32. The van der Waals surface area contributed by atoms with E-state index in [0.29, 0.717) is 0 Å². The lowest BCUT2D eigenvalue weighted by Gasteiger charge is -2.14. The van der Waals surface area contributed by atoms with Crippen molar-refractivity contribution in [3.63, 3.8) is 0 Å². The molecule has 264 valence electrons. The Hall–Kier alpha value is -7.03. The zero-order chi connectivity index (χ0) is 37.6. The van der Waals surface area contributed by atoms with Crippen LogP contribution in [0.5, 0.6) is 0 Å². The summed E-state index contributed by atoms with van der Waals surface area (Å²) in [6, 6.07) is 53.2. The van der Waals surface area contributed by atoms with Gasteiger partial charge in [0, 0.05) is 11.3 Å². The number of benzene rings is 5. The molecule has 0 N–H and O–H groups in total. The summed E-state index contributed by atoms with van der Waals surface area (Å²) in [5, 5.41) is 4.87. The van der Waals surface area contributed by atoms with E-state index in [1.807, 2.05) is 24.3 Å². The lowest BCUT2D eigenvalue weighted by atomic mass is 9.90. The first-order valence-electron chi connectivity index (χ1n) is 18.8. The highest BCUT2D eigenvalue weighted by Crippen LogP contribution is 2.29. The number of imidazole rings is 1. The fraction of sp³-hybridized carbons (Fsp3) is 0.0377. The molecule has 0 fully saturated rings. The van der Waals surface area contributed by atoms with Crippen LogP contribution in [0.25, 0.3) is 74.1 Å². The van der Waals surface area contributed by atoms with Crippen molar-refractivity contribution < 1.29 is 0 Å². The topological polar surface area (TPSA) is 17.8 Å². The molecule has 0 amide bonds. The van der Waals surface area contributed by atoms with E-state index in [9.17, 15) is 0 Å². The molecule has 0 bridgehead atoms. The Morgan fingerprint density at radius 3 is 2.18 bits per heavy atom. The van der Waals surface area contributed by atoms with Crippen LogP contribution in [-0.4, -0.2) is 9.55 Å². The van der Waals surface area contributed by atoms with Crippen molar-refractivity contribution in [1.29, 1.82) is 0 Å². The quantitative estimate of drug-likeness (QED) is 0.137. The third-order valence-corrected chi connectivity index (χ3v) is 10.3. The van der Waals surface area contributed by atoms with E-state index in [4.69, 9.17) is 11.6 Å². The second-order valence-electron chi connectivity index (χ2n) is 13.6. The van der Waals surface area contributed by atoms with Gasteiger partial charge in [0.2, 0.25) is 0 Å². The minimum atomic E-state index is 0.841. The molecular weight excluding hydrogens is 665 g/mol. The number of aromatic nitrogens is 2. The van der Waals surface area contributed by atoms with Gasteiger partial charge in [-0.1, -0.05) is 190 Å². The van der Waals surface area contributed by atoms with Crippen molar-refractivity contribution in [1.82, 2.24) is 9.55 Å². The molecular formula is C53H42N2.